The lowest BCUT2D eigenvalue weighted by Gasteiger charge is -2.19. The van der Waals surface area contributed by atoms with Crippen molar-refractivity contribution in [3.8, 4) is 22.6 Å². The summed E-state index contributed by atoms with van der Waals surface area (Å²) in [6, 6.07) is 23.0. The van der Waals surface area contributed by atoms with Crippen LogP contribution in [0.1, 0.15) is 36.7 Å². The fraction of sp³-hybridized carbons (Fsp3) is 0.259. The minimum absolute atomic E-state index is 0.237. The molecule has 0 bridgehead atoms. The number of carbonyl (C=O) groups excluding carboxylic acids is 2. The smallest absolute Gasteiger partial charge is 0.407 e. The molecule has 1 amide bonds. The van der Waals surface area contributed by atoms with Gasteiger partial charge in [-0.3, -0.25) is 4.79 Å². The zero-order chi connectivity index (χ0) is 23.7. The van der Waals surface area contributed by atoms with E-state index in [0.29, 0.717) is 17.9 Å². The molecule has 0 spiro atoms. The third-order valence-corrected chi connectivity index (χ3v) is 4.52. The highest BCUT2D eigenvalue weighted by molar-refractivity contribution is 5.80. The second kappa shape index (κ2) is 11.2. The Bertz CT molecular complexity index is 1070. The van der Waals surface area contributed by atoms with Gasteiger partial charge in [-0.1, -0.05) is 42.5 Å². The second-order valence-electron chi connectivity index (χ2n) is 8.49. The number of rotatable bonds is 9. The van der Waals surface area contributed by atoms with Gasteiger partial charge in [-0.2, -0.15) is 0 Å². The zero-order valence-electron chi connectivity index (χ0n) is 19.2. The Labute approximate surface area is 194 Å². The molecular formula is C27H29NO5. The first-order valence-electron chi connectivity index (χ1n) is 10.8. The van der Waals surface area contributed by atoms with E-state index in [1.807, 2.05) is 60.7 Å². The predicted octanol–water partition coefficient (Wildman–Crippen LogP) is 5.65. The van der Waals surface area contributed by atoms with Crippen molar-refractivity contribution in [2.45, 2.75) is 33.0 Å². The molecule has 172 valence electrons. The minimum Gasteiger partial charge on any atom is -0.492 e. The summed E-state index contributed by atoms with van der Waals surface area (Å²) in [7, 11) is 0. The third-order valence-electron chi connectivity index (χ3n) is 4.52. The van der Waals surface area contributed by atoms with E-state index in [9.17, 15) is 9.59 Å². The minimum atomic E-state index is -0.558. The standard InChI is InChI=1S/C27H29NO5/c1-27(2,3)33-26(30)28-12-13-31-25-15-21(18-29)14-23(17-25)22-10-7-11-24(16-22)32-19-20-8-5-4-6-9-20/h4-11,14-18H,12-13,19H2,1-3H3,(H,28,30). The van der Waals surface area contributed by atoms with E-state index in [-0.39, 0.29) is 13.2 Å². The lowest BCUT2D eigenvalue weighted by Crippen LogP contribution is -2.34. The summed E-state index contributed by atoms with van der Waals surface area (Å²) in [4.78, 5) is 23.2. The van der Waals surface area contributed by atoms with Crippen molar-refractivity contribution in [2.24, 2.45) is 0 Å². The van der Waals surface area contributed by atoms with Gasteiger partial charge in [-0.15, -0.1) is 0 Å². The van der Waals surface area contributed by atoms with E-state index in [1.165, 1.54) is 0 Å². The Balaban J connectivity index is 1.64. The average Bonchev–Trinajstić information content (AvgIpc) is 2.80. The van der Waals surface area contributed by atoms with Gasteiger partial charge in [0.15, 0.2) is 0 Å². The maximum absolute atomic E-state index is 11.7. The van der Waals surface area contributed by atoms with Gasteiger partial charge in [0.1, 0.15) is 36.6 Å². The summed E-state index contributed by atoms with van der Waals surface area (Å²) >= 11 is 0. The third kappa shape index (κ3) is 8.00. The highest BCUT2D eigenvalue weighted by Crippen LogP contribution is 2.28. The van der Waals surface area contributed by atoms with Gasteiger partial charge in [0, 0.05) is 5.56 Å². The van der Waals surface area contributed by atoms with Gasteiger partial charge in [0.05, 0.1) is 6.54 Å². The predicted molar refractivity (Wildman–Crippen MR) is 128 cm³/mol. The van der Waals surface area contributed by atoms with Crippen molar-refractivity contribution in [3.63, 3.8) is 0 Å². The number of aldehydes is 1. The highest BCUT2D eigenvalue weighted by atomic mass is 16.6. The van der Waals surface area contributed by atoms with Crippen LogP contribution < -0.4 is 14.8 Å². The van der Waals surface area contributed by atoms with E-state index >= 15 is 0 Å². The Morgan fingerprint density at radius 2 is 1.64 bits per heavy atom. The van der Waals surface area contributed by atoms with Crippen molar-refractivity contribution in [2.75, 3.05) is 13.2 Å². The van der Waals surface area contributed by atoms with Crippen molar-refractivity contribution in [1.82, 2.24) is 5.32 Å². The number of amides is 1. The van der Waals surface area contributed by atoms with Crippen molar-refractivity contribution in [3.05, 3.63) is 83.9 Å². The fourth-order valence-electron chi connectivity index (χ4n) is 3.08. The summed E-state index contributed by atoms with van der Waals surface area (Å²) in [5.74, 6) is 1.27. The summed E-state index contributed by atoms with van der Waals surface area (Å²) in [6.07, 6.45) is 0.283. The first-order valence-corrected chi connectivity index (χ1v) is 10.8. The zero-order valence-corrected chi connectivity index (χ0v) is 19.2. The number of nitrogens with one attached hydrogen (secondary N) is 1. The van der Waals surface area contributed by atoms with Crippen LogP contribution in [0, 0.1) is 0 Å². The number of hydrogen-bond acceptors (Lipinski definition) is 5. The maximum Gasteiger partial charge on any atom is 0.407 e. The maximum atomic E-state index is 11.7. The summed E-state index contributed by atoms with van der Waals surface area (Å²) in [5, 5.41) is 2.65. The van der Waals surface area contributed by atoms with Gasteiger partial charge in [-0.05, 0) is 67.8 Å². The molecule has 33 heavy (non-hydrogen) atoms. The first-order chi connectivity index (χ1) is 15.8. The average molecular weight is 448 g/mol. The summed E-state index contributed by atoms with van der Waals surface area (Å²) in [6.45, 7) is 6.39. The van der Waals surface area contributed by atoms with Crippen molar-refractivity contribution in [1.29, 1.82) is 0 Å². The van der Waals surface area contributed by atoms with Gasteiger partial charge >= 0.3 is 6.09 Å². The van der Waals surface area contributed by atoms with Gasteiger partial charge in [0.25, 0.3) is 0 Å². The monoisotopic (exact) mass is 447 g/mol. The largest absolute Gasteiger partial charge is 0.492 e. The SMILES string of the molecule is CC(C)(C)OC(=O)NCCOc1cc(C=O)cc(-c2cccc(OCc3ccccc3)c2)c1. The molecular weight excluding hydrogens is 418 g/mol. The van der Waals surface area contributed by atoms with Gasteiger partial charge < -0.3 is 19.5 Å². The summed E-state index contributed by atoms with van der Waals surface area (Å²) < 4.78 is 16.9. The van der Waals surface area contributed by atoms with E-state index in [2.05, 4.69) is 5.32 Å². The molecule has 0 aliphatic rings. The number of hydrogen-bond donors (Lipinski definition) is 1. The molecule has 0 saturated carbocycles. The Morgan fingerprint density at radius 3 is 2.36 bits per heavy atom. The molecule has 0 radical (unpaired) electrons. The molecule has 0 saturated heterocycles. The number of alkyl carbamates (subject to hydrolysis) is 1. The van der Waals surface area contributed by atoms with Crippen LogP contribution in [0.4, 0.5) is 4.79 Å². The molecule has 0 aliphatic carbocycles. The Hall–Kier alpha value is -3.80. The van der Waals surface area contributed by atoms with Crippen LogP contribution in [0.25, 0.3) is 11.1 Å². The molecule has 3 aromatic carbocycles. The first kappa shape index (κ1) is 23.9. The topological polar surface area (TPSA) is 73.9 Å². The van der Waals surface area contributed by atoms with E-state index < -0.39 is 11.7 Å². The Morgan fingerprint density at radius 1 is 0.879 bits per heavy atom. The molecule has 0 fully saturated rings. The molecule has 1 N–H and O–H groups in total. The number of benzene rings is 3. The van der Waals surface area contributed by atoms with Crippen LogP contribution >= 0.6 is 0 Å². The molecule has 0 aromatic heterocycles. The van der Waals surface area contributed by atoms with Crippen molar-refractivity contribution < 1.29 is 23.8 Å². The Kier molecular flexibility index (Phi) is 8.08. The van der Waals surface area contributed by atoms with Crippen LogP contribution in [0.5, 0.6) is 11.5 Å². The molecule has 0 aliphatic heterocycles. The molecule has 0 heterocycles. The molecule has 3 rings (SSSR count). The molecule has 6 heteroatoms. The normalized spacial score (nSPS) is 10.9. The van der Waals surface area contributed by atoms with Crippen molar-refractivity contribution >= 4 is 12.4 Å². The van der Waals surface area contributed by atoms with E-state index in [0.717, 1.165) is 28.7 Å². The fourth-order valence-corrected chi connectivity index (χ4v) is 3.08. The van der Waals surface area contributed by atoms with E-state index in [1.54, 1.807) is 32.9 Å². The lowest BCUT2D eigenvalue weighted by atomic mass is 10.0. The second-order valence-corrected chi connectivity index (χ2v) is 8.49. The van der Waals surface area contributed by atoms with Crippen LogP contribution in [0.3, 0.4) is 0 Å². The van der Waals surface area contributed by atoms with Gasteiger partial charge in [-0.25, -0.2) is 4.79 Å². The van der Waals surface area contributed by atoms with Crippen LogP contribution in [0.15, 0.2) is 72.8 Å². The van der Waals surface area contributed by atoms with E-state index in [4.69, 9.17) is 14.2 Å². The molecule has 3 aromatic rings. The molecule has 0 unspecified atom stereocenters. The molecule has 0 atom stereocenters. The molecule has 6 nitrogen and oxygen atoms in total. The van der Waals surface area contributed by atoms with Gasteiger partial charge in [0.2, 0.25) is 0 Å². The van der Waals surface area contributed by atoms with Crippen LogP contribution in [0.2, 0.25) is 0 Å². The highest BCUT2D eigenvalue weighted by Gasteiger charge is 2.15. The summed E-state index contributed by atoms with van der Waals surface area (Å²) in [5.41, 5.74) is 2.76. The quantitative estimate of drug-likeness (QED) is 0.339. The number of carbonyl (C=O) groups is 2. The number of ether oxygens (including phenoxy) is 3. The lowest BCUT2D eigenvalue weighted by molar-refractivity contribution is 0.0520. The van der Waals surface area contributed by atoms with Crippen LogP contribution in [-0.4, -0.2) is 31.1 Å². The van der Waals surface area contributed by atoms with Crippen LogP contribution in [-0.2, 0) is 11.3 Å².